The summed E-state index contributed by atoms with van der Waals surface area (Å²) in [5.74, 6) is -0.436. The van der Waals surface area contributed by atoms with E-state index in [0.717, 1.165) is 0 Å². The molecule has 0 fully saturated rings. The molecule has 0 saturated carbocycles. The van der Waals surface area contributed by atoms with Crippen LogP contribution in [0.5, 0.6) is 0 Å². The first-order valence-corrected chi connectivity index (χ1v) is 10.9. The number of carbonyl (C=O) groups excluding carboxylic acids is 1. The molecule has 8 heteroatoms. The van der Waals surface area contributed by atoms with Crippen LogP contribution in [0.25, 0.3) is 0 Å². The van der Waals surface area contributed by atoms with Crippen LogP contribution in [0.1, 0.15) is 15.9 Å². The van der Waals surface area contributed by atoms with E-state index in [1.165, 1.54) is 6.07 Å². The van der Waals surface area contributed by atoms with E-state index in [4.69, 9.17) is 11.6 Å². The van der Waals surface area contributed by atoms with Gasteiger partial charge in [-0.2, -0.15) is 0 Å². The fourth-order valence-electron chi connectivity index (χ4n) is 2.52. The average Bonchev–Trinajstić information content (AvgIpc) is 2.65. The SMILES string of the molecule is Cc1ccc(C(=O)Nc2ccc(Br)c(Cl)c2)cc1S(=O)(=O)Nc1ccccc1. The lowest BCUT2D eigenvalue weighted by Gasteiger charge is -2.12. The molecule has 1 amide bonds. The Morgan fingerprint density at radius 2 is 1.68 bits per heavy atom. The molecule has 144 valence electrons. The lowest BCUT2D eigenvalue weighted by Crippen LogP contribution is -2.17. The first-order chi connectivity index (χ1) is 13.3. The van der Waals surface area contributed by atoms with Crippen LogP contribution in [0.15, 0.2) is 76.1 Å². The van der Waals surface area contributed by atoms with Crippen molar-refractivity contribution in [2.75, 3.05) is 10.0 Å². The number of para-hydroxylation sites is 1. The summed E-state index contributed by atoms with van der Waals surface area (Å²) in [4.78, 5) is 12.6. The van der Waals surface area contributed by atoms with E-state index in [1.807, 2.05) is 0 Å². The zero-order valence-corrected chi connectivity index (χ0v) is 17.9. The Hall–Kier alpha value is -2.35. The number of amides is 1. The molecule has 3 aromatic carbocycles. The number of anilines is 2. The topological polar surface area (TPSA) is 75.3 Å². The van der Waals surface area contributed by atoms with Crippen molar-refractivity contribution in [3.8, 4) is 0 Å². The van der Waals surface area contributed by atoms with Crippen LogP contribution in [0.4, 0.5) is 11.4 Å². The van der Waals surface area contributed by atoms with Gasteiger partial charge >= 0.3 is 0 Å². The average molecular weight is 480 g/mol. The molecule has 0 aliphatic carbocycles. The predicted octanol–water partition coefficient (Wildman–Crippen LogP) is 5.46. The minimum absolute atomic E-state index is 0.0397. The second-order valence-electron chi connectivity index (χ2n) is 6.03. The maximum absolute atomic E-state index is 12.8. The molecule has 0 radical (unpaired) electrons. The summed E-state index contributed by atoms with van der Waals surface area (Å²) < 4.78 is 28.8. The number of rotatable bonds is 5. The molecule has 0 aromatic heterocycles. The highest BCUT2D eigenvalue weighted by Crippen LogP contribution is 2.26. The van der Waals surface area contributed by atoms with Gasteiger partial charge in [0.2, 0.25) is 0 Å². The largest absolute Gasteiger partial charge is 0.322 e. The van der Waals surface area contributed by atoms with Gasteiger partial charge in [-0.3, -0.25) is 9.52 Å². The molecule has 0 aliphatic rings. The maximum atomic E-state index is 12.8. The maximum Gasteiger partial charge on any atom is 0.262 e. The van der Waals surface area contributed by atoms with Crippen LogP contribution in [-0.2, 0) is 10.0 Å². The van der Waals surface area contributed by atoms with Gasteiger partial charge in [-0.1, -0.05) is 35.9 Å². The molecule has 0 saturated heterocycles. The zero-order valence-electron chi connectivity index (χ0n) is 14.7. The van der Waals surface area contributed by atoms with Gasteiger partial charge in [0.1, 0.15) is 0 Å². The van der Waals surface area contributed by atoms with Gasteiger partial charge in [0.15, 0.2) is 0 Å². The Kier molecular flexibility index (Phi) is 6.07. The Morgan fingerprint density at radius 3 is 2.36 bits per heavy atom. The van der Waals surface area contributed by atoms with Crippen LogP contribution < -0.4 is 10.0 Å². The fraction of sp³-hybridized carbons (Fsp3) is 0.0500. The predicted molar refractivity (Wildman–Crippen MR) is 116 cm³/mol. The number of hydrogen-bond donors (Lipinski definition) is 2. The molecule has 0 spiro atoms. The van der Waals surface area contributed by atoms with Gasteiger partial charge in [0, 0.05) is 21.4 Å². The third kappa shape index (κ3) is 4.73. The quantitative estimate of drug-likeness (QED) is 0.510. The van der Waals surface area contributed by atoms with Gasteiger partial charge in [0.25, 0.3) is 15.9 Å². The van der Waals surface area contributed by atoms with Crippen molar-refractivity contribution in [1.29, 1.82) is 0 Å². The molecule has 3 aromatic rings. The summed E-state index contributed by atoms with van der Waals surface area (Å²) in [5, 5.41) is 3.17. The number of sulfonamides is 1. The van der Waals surface area contributed by atoms with Crippen LogP contribution in [0, 0.1) is 6.92 Å². The Bertz CT molecular complexity index is 1140. The van der Waals surface area contributed by atoms with Crippen molar-refractivity contribution in [3.63, 3.8) is 0 Å². The minimum atomic E-state index is -3.84. The standard InChI is InChI=1S/C20H16BrClN2O3S/c1-13-7-8-14(20(25)23-16-9-10-17(21)18(22)12-16)11-19(13)28(26,27)24-15-5-3-2-4-6-15/h2-12,24H,1H3,(H,23,25). The van der Waals surface area contributed by atoms with Gasteiger partial charge in [-0.15, -0.1) is 0 Å². The summed E-state index contributed by atoms with van der Waals surface area (Å²) >= 11 is 9.33. The number of halogens is 2. The number of hydrogen-bond acceptors (Lipinski definition) is 3. The molecular weight excluding hydrogens is 464 g/mol. The molecule has 5 nitrogen and oxygen atoms in total. The zero-order chi connectivity index (χ0) is 20.3. The first-order valence-electron chi connectivity index (χ1n) is 8.21. The summed E-state index contributed by atoms with van der Waals surface area (Å²) in [6.07, 6.45) is 0. The van der Waals surface area contributed by atoms with E-state index in [9.17, 15) is 13.2 Å². The van der Waals surface area contributed by atoms with Gasteiger partial charge in [-0.05, 0) is 70.9 Å². The summed E-state index contributed by atoms with van der Waals surface area (Å²) in [6.45, 7) is 1.68. The molecule has 0 atom stereocenters. The van der Waals surface area contributed by atoms with Gasteiger partial charge in [-0.25, -0.2) is 8.42 Å². The lowest BCUT2D eigenvalue weighted by molar-refractivity contribution is 0.102. The van der Waals surface area contributed by atoms with Crippen LogP contribution in [0.3, 0.4) is 0 Å². The van der Waals surface area contributed by atoms with E-state index in [1.54, 1.807) is 67.6 Å². The minimum Gasteiger partial charge on any atom is -0.322 e. The van der Waals surface area contributed by atoms with Crippen molar-refractivity contribution in [2.24, 2.45) is 0 Å². The molecule has 0 aliphatic heterocycles. The molecule has 0 bridgehead atoms. The second-order valence-corrected chi connectivity index (χ2v) is 8.95. The van der Waals surface area contributed by atoms with E-state index in [-0.39, 0.29) is 10.5 Å². The number of aryl methyl sites for hydroxylation is 1. The summed E-state index contributed by atoms with van der Waals surface area (Å²) in [6, 6.07) is 18.1. The fourth-order valence-corrected chi connectivity index (χ4v) is 4.28. The molecule has 2 N–H and O–H groups in total. The Balaban J connectivity index is 1.88. The van der Waals surface area contributed by atoms with Crippen molar-refractivity contribution < 1.29 is 13.2 Å². The number of nitrogens with one attached hydrogen (secondary N) is 2. The van der Waals surface area contributed by atoms with E-state index >= 15 is 0 Å². The third-order valence-electron chi connectivity index (χ3n) is 3.94. The molecule has 28 heavy (non-hydrogen) atoms. The monoisotopic (exact) mass is 478 g/mol. The highest BCUT2D eigenvalue weighted by atomic mass is 79.9. The normalized spacial score (nSPS) is 11.1. The molecule has 0 unspecified atom stereocenters. The van der Waals surface area contributed by atoms with Crippen molar-refractivity contribution in [3.05, 3.63) is 87.4 Å². The first kappa shape index (κ1) is 20.4. The van der Waals surface area contributed by atoms with E-state index in [2.05, 4.69) is 26.0 Å². The Morgan fingerprint density at radius 1 is 0.964 bits per heavy atom. The van der Waals surface area contributed by atoms with Crippen molar-refractivity contribution in [1.82, 2.24) is 0 Å². The van der Waals surface area contributed by atoms with E-state index in [0.29, 0.717) is 26.4 Å². The van der Waals surface area contributed by atoms with Crippen LogP contribution in [-0.4, -0.2) is 14.3 Å². The number of benzene rings is 3. The lowest BCUT2D eigenvalue weighted by atomic mass is 10.1. The van der Waals surface area contributed by atoms with Crippen LogP contribution >= 0.6 is 27.5 Å². The van der Waals surface area contributed by atoms with Crippen LogP contribution in [0.2, 0.25) is 5.02 Å². The molecular formula is C20H16BrClN2O3S. The van der Waals surface area contributed by atoms with E-state index < -0.39 is 15.9 Å². The van der Waals surface area contributed by atoms with Gasteiger partial charge < -0.3 is 5.32 Å². The summed E-state index contributed by atoms with van der Waals surface area (Å²) in [5.41, 5.74) is 1.71. The Labute approximate surface area is 176 Å². The molecule has 3 rings (SSSR count). The van der Waals surface area contributed by atoms with Crippen molar-refractivity contribution in [2.45, 2.75) is 11.8 Å². The third-order valence-corrected chi connectivity index (χ3v) is 6.70. The smallest absolute Gasteiger partial charge is 0.262 e. The highest BCUT2D eigenvalue weighted by molar-refractivity contribution is 9.10. The van der Waals surface area contributed by atoms with Gasteiger partial charge in [0.05, 0.1) is 9.92 Å². The molecule has 0 heterocycles. The second kappa shape index (κ2) is 8.34. The van der Waals surface area contributed by atoms with Crippen molar-refractivity contribution >= 4 is 54.8 Å². The highest BCUT2D eigenvalue weighted by Gasteiger charge is 2.19. The number of carbonyl (C=O) groups is 1. The summed E-state index contributed by atoms with van der Waals surface area (Å²) in [7, 11) is -3.84.